The number of hydrogen-bond acceptors (Lipinski definition) is 2. The number of hydrogen-bond donors (Lipinski definition) is 1. The number of unbranched alkanes of at least 4 members (excludes halogenated alkanes) is 1. The van der Waals surface area contributed by atoms with Gasteiger partial charge in [-0.2, -0.15) is 0 Å². The average molecular weight is 291 g/mol. The van der Waals surface area contributed by atoms with Gasteiger partial charge < -0.3 is 10.1 Å². The third-order valence-electron chi connectivity index (χ3n) is 3.98. The van der Waals surface area contributed by atoms with Crippen molar-refractivity contribution in [3.8, 4) is 5.75 Å². The van der Waals surface area contributed by atoms with E-state index in [1.54, 1.807) is 0 Å². The summed E-state index contributed by atoms with van der Waals surface area (Å²) in [5, 5.41) is 2.97. The lowest BCUT2D eigenvalue weighted by Crippen LogP contribution is -2.33. The normalized spacial score (nSPS) is 12.0. The van der Waals surface area contributed by atoms with Gasteiger partial charge in [0.1, 0.15) is 5.75 Å². The molecule has 0 aromatic heterocycles. The molecular formula is C18H29NO2. The number of carbonyl (C=O) groups is 1. The Morgan fingerprint density at radius 2 is 2.00 bits per heavy atom. The second kappa shape index (κ2) is 9.43. The molecule has 118 valence electrons. The van der Waals surface area contributed by atoms with Crippen molar-refractivity contribution >= 4 is 5.91 Å². The first-order valence-electron chi connectivity index (χ1n) is 8.03. The maximum absolute atomic E-state index is 11.8. The van der Waals surface area contributed by atoms with Crippen molar-refractivity contribution in [2.24, 2.45) is 5.92 Å². The number of ether oxygens (including phenoxy) is 1. The van der Waals surface area contributed by atoms with Gasteiger partial charge in [0.15, 0.2) is 6.61 Å². The Hall–Kier alpha value is -1.51. The molecule has 1 aromatic carbocycles. The van der Waals surface area contributed by atoms with E-state index >= 15 is 0 Å². The molecule has 1 unspecified atom stereocenters. The van der Waals surface area contributed by atoms with E-state index in [4.69, 9.17) is 4.74 Å². The summed E-state index contributed by atoms with van der Waals surface area (Å²) < 4.78 is 5.54. The van der Waals surface area contributed by atoms with E-state index in [1.807, 2.05) is 25.1 Å². The average Bonchev–Trinajstić information content (AvgIpc) is 2.48. The van der Waals surface area contributed by atoms with Crippen molar-refractivity contribution in [2.45, 2.75) is 53.4 Å². The van der Waals surface area contributed by atoms with E-state index in [0.29, 0.717) is 5.92 Å². The van der Waals surface area contributed by atoms with Gasteiger partial charge >= 0.3 is 0 Å². The number of rotatable bonds is 9. The molecule has 0 aliphatic rings. The van der Waals surface area contributed by atoms with E-state index in [1.165, 1.54) is 30.4 Å². The second-order valence-electron chi connectivity index (χ2n) is 5.76. The zero-order chi connectivity index (χ0) is 15.7. The summed E-state index contributed by atoms with van der Waals surface area (Å²) in [4.78, 5) is 11.8. The van der Waals surface area contributed by atoms with E-state index < -0.39 is 0 Å². The molecule has 0 aliphatic carbocycles. The number of benzene rings is 1. The molecular weight excluding hydrogens is 262 g/mol. The third-order valence-corrected chi connectivity index (χ3v) is 3.98. The highest BCUT2D eigenvalue weighted by Gasteiger charge is 2.09. The summed E-state index contributed by atoms with van der Waals surface area (Å²) in [7, 11) is 0. The van der Waals surface area contributed by atoms with Gasteiger partial charge in [-0.25, -0.2) is 0 Å². The Morgan fingerprint density at radius 3 is 2.62 bits per heavy atom. The number of aryl methyl sites for hydroxylation is 2. The fourth-order valence-corrected chi connectivity index (χ4v) is 2.21. The molecule has 1 amide bonds. The summed E-state index contributed by atoms with van der Waals surface area (Å²) in [6.45, 7) is 9.33. The molecule has 0 radical (unpaired) electrons. The maximum Gasteiger partial charge on any atom is 0.257 e. The van der Waals surface area contributed by atoms with Crippen LogP contribution in [0.1, 0.15) is 50.7 Å². The summed E-state index contributed by atoms with van der Waals surface area (Å²) in [5.74, 6) is 1.30. The molecule has 0 heterocycles. The Morgan fingerprint density at radius 1 is 1.24 bits per heavy atom. The molecule has 3 heteroatoms. The zero-order valence-corrected chi connectivity index (χ0v) is 13.9. The minimum atomic E-state index is -0.0387. The first kappa shape index (κ1) is 17.5. The Bertz CT molecular complexity index is 443. The Kier molecular flexibility index (Phi) is 7.88. The molecule has 0 bridgehead atoms. The first-order chi connectivity index (χ1) is 10.1. The second-order valence-corrected chi connectivity index (χ2v) is 5.76. The number of amides is 1. The van der Waals surface area contributed by atoms with Crippen LogP contribution in [-0.2, 0) is 4.79 Å². The van der Waals surface area contributed by atoms with E-state index in [-0.39, 0.29) is 12.5 Å². The molecule has 0 spiro atoms. The summed E-state index contributed by atoms with van der Waals surface area (Å²) >= 11 is 0. The van der Waals surface area contributed by atoms with Crippen molar-refractivity contribution < 1.29 is 9.53 Å². The van der Waals surface area contributed by atoms with Crippen LogP contribution in [-0.4, -0.2) is 19.1 Å². The number of nitrogens with one attached hydrogen (secondary N) is 1. The van der Waals surface area contributed by atoms with Crippen LogP contribution >= 0.6 is 0 Å². The lowest BCUT2D eigenvalue weighted by Gasteiger charge is -2.15. The van der Waals surface area contributed by atoms with Crippen molar-refractivity contribution in [3.63, 3.8) is 0 Å². The first-order valence-corrected chi connectivity index (χ1v) is 8.03. The third kappa shape index (κ3) is 6.65. The highest BCUT2D eigenvalue weighted by atomic mass is 16.5. The Balaban J connectivity index is 2.31. The van der Waals surface area contributed by atoms with E-state index in [2.05, 4.69) is 26.1 Å². The van der Waals surface area contributed by atoms with Gasteiger partial charge in [-0.3, -0.25) is 4.79 Å². The van der Waals surface area contributed by atoms with Crippen molar-refractivity contribution in [1.29, 1.82) is 0 Å². The molecule has 21 heavy (non-hydrogen) atoms. The summed E-state index contributed by atoms with van der Waals surface area (Å²) in [6, 6.07) is 5.89. The van der Waals surface area contributed by atoms with Crippen LogP contribution in [0, 0.1) is 19.8 Å². The summed E-state index contributed by atoms with van der Waals surface area (Å²) in [5.41, 5.74) is 2.41. The van der Waals surface area contributed by atoms with Gasteiger partial charge in [0.25, 0.3) is 5.91 Å². The highest BCUT2D eigenvalue weighted by Crippen LogP contribution is 2.16. The highest BCUT2D eigenvalue weighted by molar-refractivity contribution is 5.77. The molecule has 1 atom stereocenters. The quantitative estimate of drug-likeness (QED) is 0.746. The van der Waals surface area contributed by atoms with E-state index in [0.717, 1.165) is 18.7 Å². The monoisotopic (exact) mass is 291 g/mol. The van der Waals surface area contributed by atoms with Gasteiger partial charge in [0, 0.05) is 6.54 Å². The van der Waals surface area contributed by atoms with E-state index in [9.17, 15) is 4.79 Å². The van der Waals surface area contributed by atoms with Crippen LogP contribution in [0.5, 0.6) is 5.75 Å². The molecule has 0 saturated carbocycles. The predicted octanol–water partition coefficient (Wildman–Crippen LogP) is 4.01. The maximum atomic E-state index is 11.8. The molecule has 1 aromatic rings. The van der Waals surface area contributed by atoms with Gasteiger partial charge in [0.05, 0.1) is 0 Å². The fourth-order valence-electron chi connectivity index (χ4n) is 2.21. The molecule has 0 saturated heterocycles. The minimum Gasteiger partial charge on any atom is -0.484 e. The minimum absolute atomic E-state index is 0.0387. The van der Waals surface area contributed by atoms with Crippen molar-refractivity contribution in [3.05, 3.63) is 29.3 Å². The number of carbonyl (C=O) groups excluding carboxylic acids is 1. The van der Waals surface area contributed by atoms with Crippen LogP contribution < -0.4 is 10.1 Å². The standard InChI is InChI=1S/C18H29NO2/c1-5-7-8-16(6-2)12-19-18(20)13-21-17-10-9-14(3)15(4)11-17/h9-11,16H,5-8,12-13H2,1-4H3,(H,19,20). The SMILES string of the molecule is CCCCC(CC)CNC(=O)COc1ccc(C)c(C)c1. The Labute approximate surface area is 129 Å². The summed E-state index contributed by atoms with van der Waals surface area (Å²) in [6.07, 6.45) is 4.73. The van der Waals surface area contributed by atoms with Gasteiger partial charge in [-0.15, -0.1) is 0 Å². The predicted molar refractivity (Wildman–Crippen MR) is 87.7 cm³/mol. The molecule has 1 N–H and O–H groups in total. The van der Waals surface area contributed by atoms with Crippen LogP contribution in [0.3, 0.4) is 0 Å². The zero-order valence-electron chi connectivity index (χ0n) is 13.9. The van der Waals surface area contributed by atoms with Crippen LogP contribution in [0.2, 0.25) is 0 Å². The topological polar surface area (TPSA) is 38.3 Å². The smallest absolute Gasteiger partial charge is 0.257 e. The molecule has 3 nitrogen and oxygen atoms in total. The fraction of sp³-hybridized carbons (Fsp3) is 0.611. The van der Waals surface area contributed by atoms with Gasteiger partial charge in [-0.1, -0.05) is 39.2 Å². The lowest BCUT2D eigenvalue weighted by molar-refractivity contribution is -0.123. The van der Waals surface area contributed by atoms with Crippen molar-refractivity contribution in [1.82, 2.24) is 5.32 Å². The van der Waals surface area contributed by atoms with Crippen LogP contribution in [0.25, 0.3) is 0 Å². The molecule has 0 fully saturated rings. The largest absolute Gasteiger partial charge is 0.484 e. The lowest BCUT2D eigenvalue weighted by atomic mass is 9.99. The van der Waals surface area contributed by atoms with Gasteiger partial charge in [0.2, 0.25) is 0 Å². The van der Waals surface area contributed by atoms with Crippen LogP contribution in [0.15, 0.2) is 18.2 Å². The van der Waals surface area contributed by atoms with Crippen LogP contribution in [0.4, 0.5) is 0 Å². The van der Waals surface area contributed by atoms with Gasteiger partial charge in [-0.05, 0) is 49.4 Å². The van der Waals surface area contributed by atoms with Crippen molar-refractivity contribution in [2.75, 3.05) is 13.2 Å². The molecule has 0 aliphatic heterocycles. The molecule has 1 rings (SSSR count).